The summed E-state index contributed by atoms with van der Waals surface area (Å²) in [6.07, 6.45) is 0.641. The third kappa shape index (κ3) is 5.43. The molecular weight excluding hydrogens is 296 g/mol. The van der Waals surface area contributed by atoms with E-state index in [1.165, 1.54) is 6.08 Å². The Hall–Kier alpha value is -2.31. The first-order chi connectivity index (χ1) is 10.5. The van der Waals surface area contributed by atoms with E-state index in [1.807, 2.05) is 13.8 Å². The maximum Gasteiger partial charge on any atom is 0.407 e. The number of alkyl carbamates (subject to hydrolysis) is 1. The summed E-state index contributed by atoms with van der Waals surface area (Å²) in [6.45, 7) is 12.9. The third-order valence-electron chi connectivity index (χ3n) is 2.89. The molecule has 0 bridgehead atoms. The maximum atomic E-state index is 11.7. The van der Waals surface area contributed by atoms with Crippen molar-refractivity contribution in [2.45, 2.75) is 46.3 Å². The number of carbonyl (C=O) groups is 1. The predicted octanol–water partition coefficient (Wildman–Crippen LogP) is 2.57. The maximum absolute atomic E-state index is 11.7. The molecule has 1 atom stereocenters. The van der Waals surface area contributed by atoms with Gasteiger partial charge in [-0.1, -0.05) is 6.58 Å². The predicted molar refractivity (Wildman–Crippen MR) is 89.3 cm³/mol. The van der Waals surface area contributed by atoms with Crippen molar-refractivity contribution in [2.75, 3.05) is 6.54 Å². The van der Waals surface area contributed by atoms with Crippen LogP contribution < -0.4 is 10.1 Å². The van der Waals surface area contributed by atoms with Gasteiger partial charge in [-0.05, 0) is 40.7 Å². The van der Waals surface area contributed by atoms with Gasteiger partial charge in [-0.3, -0.25) is 0 Å². The van der Waals surface area contributed by atoms with Crippen molar-refractivity contribution in [1.29, 1.82) is 5.41 Å². The molecule has 1 aromatic rings. The van der Waals surface area contributed by atoms with Gasteiger partial charge >= 0.3 is 6.09 Å². The zero-order valence-corrected chi connectivity index (χ0v) is 14.7. The number of aryl methyl sites for hydroxylation is 2. The largest absolute Gasteiger partial charge is 0.472 e. The molecule has 1 aromatic heterocycles. The highest BCUT2D eigenvalue weighted by Crippen LogP contribution is 2.23. The SMILES string of the molecule is C=CC(=N)c1c(C)nn(C)c1OC(C)CNC(=O)OC(C)(C)C. The second-order valence-electron chi connectivity index (χ2n) is 6.32. The second-order valence-corrected chi connectivity index (χ2v) is 6.32. The van der Waals surface area contributed by atoms with E-state index in [2.05, 4.69) is 17.0 Å². The topological polar surface area (TPSA) is 89.2 Å². The zero-order chi connectivity index (χ0) is 17.8. The van der Waals surface area contributed by atoms with Crippen LogP contribution in [0.25, 0.3) is 0 Å². The quantitative estimate of drug-likeness (QED) is 0.788. The number of hydrogen-bond acceptors (Lipinski definition) is 5. The molecule has 0 radical (unpaired) electrons. The van der Waals surface area contributed by atoms with Crippen molar-refractivity contribution in [3.63, 3.8) is 0 Å². The van der Waals surface area contributed by atoms with Crippen LogP contribution in [0.1, 0.15) is 39.0 Å². The van der Waals surface area contributed by atoms with Gasteiger partial charge in [0.15, 0.2) is 0 Å². The smallest absolute Gasteiger partial charge is 0.407 e. The Morgan fingerprint density at radius 1 is 1.52 bits per heavy atom. The van der Waals surface area contributed by atoms with Gasteiger partial charge in [0.25, 0.3) is 0 Å². The molecule has 1 unspecified atom stereocenters. The van der Waals surface area contributed by atoms with Crippen molar-refractivity contribution < 1.29 is 14.3 Å². The Bertz CT molecular complexity index is 599. The Morgan fingerprint density at radius 2 is 2.13 bits per heavy atom. The van der Waals surface area contributed by atoms with E-state index in [0.29, 0.717) is 17.1 Å². The molecule has 7 heteroatoms. The number of nitrogens with zero attached hydrogens (tertiary/aromatic N) is 2. The Morgan fingerprint density at radius 3 is 2.65 bits per heavy atom. The second kappa shape index (κ2) is 7.30. The van der Waals surface area contributed by atoms with Gasteiger partial charge in [0.05, 0.1) is 23.5 Å². The molecule has 0 aromatic carbocycles. The summed E-state index contributed by atoms with van der Waals surface area (Å²) in [7, 11) is 1.75. The summed E-state index contributed by atoms with van der Waals surface area (Å²) in [5.74, 6) is 0.478. The molecule has 128 valence electrons. The van der Waals surface area contributed by atoms with Gasteiger partial charge in [0, 0.05) is 7.05 Å². The fourth-order valence-corrected chi connectivity index (χ4v) is 1.96. The first-order valence-corrected chi connectivity index (χ1v) is 7.43. The summed E-state index contributed by atoms with van der Waals surface area (Å²) in [6, 6.07) is 0. The lowest BCUT2D eigenvalue weighted by atomic mass is 10.1. The van der Waals surface area contributed by atoms with Gasteiger partial charge in [-0.25, -0.2) is 9.48 Å². The van der Waals surface area contributed by atoms with Crippen LogP contribution in [0.5, 0.6) is 5.88 Å². The van der Waals surface area contributed by atoms with E-state index in [1.54, 1.807) is 32.5 Å². The van der Waals surface area contributed by atoms with Crippen LogP contribution in [0.2, 0.25) is 0 Å². The minimum Gasteiger partial charge on any atom is -0.472 e. The van der Waals surface area contributed by atoms with Crippen molar-refractivity contribution in [3.05, 3.63) is 23.9 Å². The fourth-order valence-electron chi connectivity index (χ4n) is 1.96. The molecular formula is C16H26N4O3. The number of nitrogens with one attached hydrogen (secondary N) is 2. The van der Waals surface area contributed by atoms with Crippen molar-refractivity contribution >= 4 is 11.8 Å². The zero-order valence-electron chi connectivity index (χ0n) is 14.7. The summed E-state index contributed by atoms with van der Waals surface area (Å²) in [4.78, 5) is 11.7. The number of hydrogen-bond donors (Lipinski definition) is 2. The molecule has 0 aliphatic rings. The molecule has 0 saturated carbocycles. The fraction of sp³-hybridized carbons (Fsp3) is 0.562. The highest BCUT2D eigenvalue weighted by atomic mass is 16.6. The standard InChI is InChI=1S/C16H26N4O3/c1-8-12(17)13-11(3)19-20(7)14(13)22-10(2)9-18-15(21)23-16(4,5)6/h8,10,17H,1,9H2,2-7H3,(H,18,21). The van der Waals surface area contributed by atoms with E-state index in [4.69, 9.17) is 14.9 Å². The number of rotatable bonds is 6. The number of ether oxygens (including phenoxy) is 2. The molecule has 0 fully saturated rings. The van der Waals surface area contributed by atoms with E-state index >= 15 is 0 Å². The average molecular weight is 322 g/mol. The van der Waals surface area contributed by atoms with E-state index in [9.17, 15) is 4.79 Å². The summed E-state index contributed by atoms with van der Waals surface area (Å²) in [5.41, 5.74) is 1.00. The van der Waals surface area contributed by atoms with E-state index < -0.39 is 11.7 Å². The monoisotopic (exact) mass is 322 g/mol. The van der Waals surface area contributed by atoms with Crippen LogP contribution in [0, 0.1) is 12.3 Å². The van der Waals surface area contributed by atoms with Crippen LogP contribution in [0.3, 0.4) is 0 Å². The van der Waals surface area contributed by atoms with Gasteiger partial charge in [-0.15, -0.1) is 0 Å². The first-order valence-electron chi connectivity index (χ1n) is 7.43. The average Bonchev–Trinajstić information content (AvgIpc) is 2.68. The van der Waals surface area contributed by atoms with Crippen LogP contribution in [0.4, 0.5) is 4.79 Å². The minimum absolute atomic E-state index is 0.248. The summed E-state index contributed by atoms with van der Waals surface area (Å²) < 4.78 is 12.6. The molecule has 2 N–H and O–H groups in total. The third-order valence-corrected chi connectivity index (χ3v) is 2.89. The van der Waals surface area contributed by atoms with Crippen LogP contribution in [-0.2, 0) is 11.8 Å². The number of aromatic nitrogens is 2. The number of allylic oxidation sites excluding steroid dienone is 1. The molecule has 0 saturated heterocycles. The van der Waals surface area contributed by atoms with Crippen molar-refractivity contribution in [3.8, 4) is 5.88 Å². The normalized spacial score (nSPS) is 12.4. The van der Waals surface area contributed by atoms with Crippen LogP contribution in [0.15, 0.2) is 12.7 Å². The lowest BCUT2D eigenvalue weighted by Crippen LogP contribution is -2.38. The molecule has 1 amide bonds. The van der Waals surface area contributed by atoms with Gasteiger partial charge < -0.3 is 20.2 Å². The molecule has 0 aliphatic heterocycles. The summed E-state index contributed by atoms with van der Waals surface area (Å²) in [5, 5.41) is 14.9. The van der Waals surface area contributed by atoms with Crippen molar-refractivity contribution in [2.24, 2.45) is 7.05 Å². The molecule has 1 heterocycles. The van der Waals surface area contributed by atoms with Gasteiger partial charge in [0.2, 0.25) is 5.88 Å². The van der Waals surface area contributed by atoms with Crippen LogP contribution >= 0.6 is 0 Å². The van der Waals surface area contributed by atoms with Gasteiger partial charge in [-0.2, -0.15) is 5.10 Å². The minimum atomic E-state index is -0.542. The Balaban J connectivity index is 2.71. The Labute approximate surface area is 137 Å². The molecule has 7 nitrogen and oxygen atoms in total. The molecule has 23 heavy (non-hydrogen) atoms. The lowest BCUT2D eigenvalue weighted by molar-refractivity contribution is 0.0503. The molecule has 0 spiro atoms. The van der Waals surface area contributed by atoms with Crippen LogP contribution in [-0.4, -0.2) is 39.8 Å². The lowest BCUT2D eigenvalue weighted by Gasteiger charge is -2.21. The van der Waals surface area contributed by atoms with Gasteiger partial charge in [0.1, 0.15) is 11.7 Å². The Kier molecular flexibility index (Phi) is 5.95. The van der Waals surface area contributed by atoms with Crippen molar-refractivity contribution in [1.82, 2.24) is 15.1 Å². The number of amides is 1. The molecule has 1 rings (SSSR count). The summed E-state index contributed by atoms with van der Waals surface area (Å²) >= 11 is 0. The molecule has 0 aliphatic carbocycles. The van der Waals surface area contributed by atoms with E-state index in [0.717, 1.165) is 0 Å². The first kappa shape index (κ1) is 18.7. The highest BCUT2D eigenvalue weighted by molar-refractivity contribution is 6.08. The van der Waals surface area contributed by atoms with E-state index in [-0.39, 0.29) is 18.4 Å². The highest BCUT2D eigenvalue weighted by Gasteiger charge is 2.21. The number of carbonyl (C=O) groups excluding carboxylic acids is 1.